The maximum Gasteiger partial charge on any atom is 0.338 e. The SMILES string of the molecule is CCOC(=O)C1=C(C)N=c2s/c(=C\c3cc(Br)cc(Br)c3OC(C)=O)c(=O)n2[C@@H]1c1cccc(OC)c1. The highest BCUT2D eigenvalue weighted by molar-refractivity contribution is 9.11. The Morgan fingerprint density at radius 1 is 1.22 bits per heavy atom. The Morgan fingerprint density at radius 2 is 1.97 bits per heavy atom. The molecule has 37 heavy (non-hydrogen) atoms. The van der Waals surface area contributed by atoms with Crippen molar-refractivity contribution in [1.29, 1.82) is 0 Å². The number of halogens is 2. The van der Waals surface area contributed by atoms with Crippen LogP contribution in [0, 0.1) is 0 Å². The van der Waals surface area contributed by atoms with E-state index in [0.29, 0.717) is 36.4 Å². The number of hydrogen-bond acceptors (Lipinski definition) is 8. The number of rotatable bonds is 6. The first-order chi connectivity index (χ1) is 17.6. The summed E-state index contributed by atoms with van der Waals surface area (Å²) < 4.78 is 19.2. The molecule has 0 fully saturated rings. The van der Waals surface area contributed by atoms with Gasteiger partial charge in [-0.2, -0.15) is 0 Å². The van der Waals surface area contributed by atoms with E-state index in [2.05, 4.69) is 36.9 Å². The summed E-state index contributed by atoms with van der Waals surface area (Å²) in [6.45, 7) is 4.93. The molecule has 4 rings (SSSR count). The van der Waals surface area contributed by atoms with Crippen LogP contribution in [-0.4, -0.2) is 30.2 Å². The number of thiazole rings is 1. The number of nitrogens with zero attached hydrogens (tertiary/aromatic N) is 2. The Labute approximate surface area is 233 Å². The molecule has 0 amide bonds. The quantitative estimate of drug-likeness (QED) is 0.293. The zero-order valence-electron chi connectivity index (χ0n) is 20.3. The molecule has 11 heteroatoms. The average molecular weight is 650 g/mol. The number of hydrogen-bond donors (Lipinski definition) is 0. The van der Waals surface area contributed by atoms with Crippen molar-refractivity contribution in [1.82, 2.24) is 4.57 Å². The fourth-order valence-corrected chi connectivity index (χ4v) is 6.38. The third kappa shape index (κ3) is 5.48. The predicted molar refractivity (Wildman–Crippen MR) is 147 cm³/mol. The molecule has 1 atom stereocenters. The second-order valence-electron chi connectivity index (χ2n) is 7.98. The lowest BCUT2D eigenvalue weighted by Crippen LogP contribution is -2.39. The topological polar surface area (TPSA) is 96.2 Å². The van der Waals surface area contributed by atoms with Gasteiger partial charge in [-0.3, -0.25) is 14.2 Å². The van der Waals surface area contributed by atoms with Gasteiger partial charge in [0.05, 0.1) is 40.0 Å². The standard InChI is InChI=1S/C26H22Br2N2O6S/c1-5-35-25(33)21-13(2)29-26-30(22(21)15-7-6-8-18(10-15)34-4)24(32)20(37-26)11-16-9-17(27)12-19(28)23(16)36-14(3)31/h6-12,22H,5H2,1-4H3/b20-11-/t22-/m1/s1. The summed E-state index contributed by atoms with van der Waals surface area (Å²) >= 11 is 8.04. The van der Waals surface area contributed by atoms with E-state index in [1.807, 2.05) is 6.07 Å². The van der Waals surface area contributed by atoms with E-state index in [1.165, 1.54) is 22.8 Å². The lowest BCUT2D eigenvalue weighted by Gasteiger charge is -2.25. The number of allylic oxidation sites excluding steroid dienone is 1. The summed E-state index contributed by atoms with van der Waals surface area (Å²) in [7, 11) is 1.55. The molecule has 192 valence electrons. The second kappa shape index (κ2) is 11.2. The zero-order chi connectivity index (χ0) is 26.9. The Bertz CT molecular complexity index is 1620. The molecular formula is C26H22Br2N2O6S. The van der Waals surface area contributed by atoms with Crippen LogP contribution in [0.25, 0.3) is 6.08 Å². The van der Waals surface area contributed by atoms with Gasteiger partial charge in [-0.25, -0.2) is 9.79 Å². The van der Waals surface area contributed by atoms with E-state index >= 15 is 0 Å². The Balaban J connectivity index is 1.99. The zero-order valence-corrected chi connectivity index (χ0v) is 24.3. The summed E-state index contributed by atoms with van der Waals surface area (Å²) in [6, 6.07) is 9.92. The third-order valence-electron chi connectivity index (χ3n) is 5.50. The van der Waals surface area contributed by atoms with Gasteiger partial charge in [0.15, 0.2) is 10.6 Å². The fraction of sp³-hybridized carbons (Fsp3) is 0.231. The molecule has 1 aliphatic rings. The van der Waals surface area contributed by atoms with Gasteiger partial charge in [-0.05, 0) is 65.7 Å². The summed E-state index contributed by atoms with van der Waals surface area (Å²) in [6.07, 6.45) is 1.64. The lowest BCUT2D eigenvalue weighted by molar-refractivity contribution is -0.139. The van der Waals surface area contributed by atoms with Gasteiger partial charge in [0.2, 0.25) is 0 Å². The van der Waals surface area contributed by atoms with Crippen molar-refractivity contribution in [2.45, 2.75) is 26.8 Å². The third-order valence-corrected chi connectivity index (χ3v) is 7.53. The van der Waals surface area contributed by atoms with E-state index in [-0.39, 0.29) is 23.5 Å². The molecule has 0 bridgehead atoms. The molecular weight excluding hydrogens is 628 g/mol. The number of carbonyl (C=O) groups excluding carboxylic acids is 2. The predicted octanol–water partition coefficient (Wildman–Crippen LogP) is 4.26. The number of esters is 2. The molecule has 0 radical (unpaired) electrons. The normalized spacial score (nSPS) is 15.2. The Hall–Kier alpha value is -3.02. The van der Waals surface area contributed by atoms with Crippen molar-refractivity contribution in [2.75, 3.05) is 13.7 Å². The van der Waals surface area contributed by atoms with E-state index < -0.39 is 18.0 Å². The van der Waals surface area contributed by atoms with Crippen LogP contribution in [0.4, 0.5) is 0 Å². The number of aromatic nitrogens is 1. The Kier molecular flexibility index (Phi) is 8.15. The van der Waals surface area contributed by atoms with Crippen molar-refractivity contribution in [2.24, 2.45) is 4.99 Å². The minimum Gasteiger partial charge on any atom is -0.497 e. The van der Waals surface area contributed by atoms with Gasteiger partial charge in [-0.1, -0.05) is 39.4 Å². The molecule has 8 nitrogen and oxygen atoms in total. The van der Waals surface area contributed by atoms with Crippen molar-refractivity contribution >= 4 is 61.2 Å². The van der Waals surface area contributed by atoms with E-state index in [4.69, 9.17) is 14.2 Å². The second-order valence-corrected chi connectivity index (χ2v) is 10.8. The monoisotopic (exact) mass is 648 g/mol. The minimum absolute atomic E-state index is 0.182. The van der Waals surface area contributed by atoms with Crippen LogP contribution in [0.1, 0.15) is 37.9 Å². The Morgan fingerprint density at radius 3 is 2.65 bits per heavy atom. The van der Waals surface area contributed by atoms with Crippen LogP contribution < -0.4 is 24.4 Å². The van der Waals surface area contributed by atoms with E-state index in [9.17, 15) is 14.4 Å². The largest absolute Gasteiger partial charge is 0.497 e. The highest BCUT2D eigenvalue weighted by Gasteiger charge is 2.33. The van der Waals surface area contributed by atoms with Gasteiger partial charge >= 0.3 is 11.9 Å². The molecule has 0 spiro atoms. The molecule has 3 aromatic rings. The molecule has 0 aliphatic carbocycles. The average Bonchev–Trinajstić information content (AvgIpc) is 3.14. The summed E-state index contributed by atoms with van der Waals surface area (Å²) in [5.74, 6) is -0.164. The van der Waals surface area contributed by atoms with Crippen LogP contribution in [-0.2, 0) is 14.3 Å². The highest BCUT2D eigenvalue weighted by atomic mass is 79.9. The van der Waals surface area contributed by atoms with Gasteiger partial charge < -0.3 is 14.2 Å². The maximum atomic E-state index is 13.8. The van der Waals surface area contributed by atoms with Gasteiger partial charge in [0.25, 0.3) is 5.56 Å². The maximum absolute atomic E-state index is 13.8. The molecule has 0 saturated heterocycles. The first-order valence-corrected chi connectivity index (χ1v) is 13.6. The summed E-state index contributed by atoms with van der Waals surface area (Å²) in [4.78, 5) is 43.6. The van der Waals surface area contributed by atoms with Crippen LogP contribution in [0.3, 0.4) is 0 Å². The number of methoxy groups -OCH3 is 1. The number of fused-ring (bicyclic) bond motifs is 1. The van der Waals surface area contributed by atoms with Crippen LogP contribution in [0.2, 0.25) is 0 Å². The number of carbonyl (C=O) groups is 2. The van der Waals surface area contributed by atoms with Gasteiger partial charge in [0.1, 0.15) is 5.75 Å². The molecule has 0 unspecified atom stereocenters. The van der Waals surface area contributed by atoms with Crippen LogP contribution in [0.15, 0.2) is 66.4 Å². The fourth-order valence-electron chi connectivity index (χ4n) is 4.00. The lowest BCUT2D eigenvalue weighted by atomic mass is 9.95. The molecule has 0 saturated carbocycles. The molecule has 2 heterocycles. The van der Waals surface area contributed by atoms with Crippen LogP contribution >= 0.6 is 43.2 Å². The van der Waals surface area contributed by atoms with E-state index in [1.54, 1.807) is 57.4 Å². The first kappa shape index (κ1) is 27.0. The smallest absolute Gasteiger partial charge is 0.338 e. The van der Waals surface area contributed by atoms with Crippen molar-refractivity contribution < 1.29 is 23.8 Å². The van der Waals surface area contributed by atoms with E-state index in [0.717, 1.165) is 4.47 Å². The summed E-state index contributed by atoms with van der Waals surface area (Å²) in [5, 5.41) is 0. The molecule has 0 N–H and O–H groups in total. The molecule has 1 aromatic heterocycles. The number of ether oxygens (including phenoxy) is 3. The summed E-state index contributed by atoms with van der Waals surface area (Å²) in [5.41, 5.74) is 1.58. The molecule has 1 aliphatic heterocycles. The van der Waals surface area contributed by atoms with Crippen LogP contribution in [0.5, 0.6) is 11.5 Å². The molecule has 2 aromatic carbocycles. The highest BCUT2D eigenvalue weighted by Crippen LogP contribution is 2.34. The van der Waals surface area contributed by atoms with Crippen molar-refractivity contribution in [3.05, 3.63) is 87.4 Å². The number of benzene rings is 2. The first-order valence-electron chi connectivity index (χ1n) is 11.2. The van der Waals surface area contributed by atoms with Gasteiger partial charge in [-0.15, -0.1) is 0 Å². The van der Waals surface area contributed by atoms with Gasteiger partial charge in [0, 0.05) is 17.0 Å². The van der Waals surface area contributed by atoms with Crippen molar-refractivity contribution in [3.8, 4) is 11.5 Å². The minimum atomic E-state index is -0.769. The van der Waals surface area contributed by atoms with Crippen molar-refractivity contribution in [3.63, 3.8) is 0 Å².